The van der Waals surface area contributed by atoms with Crippen molar-refractivity contribution in [1.29, 1.82) is 0 Å². The molecule has 0 fully saturated rings. The number of hydrogen-bond acceptors (Lipinski definition) is 4. The molecule has 0 aromatic heterocycles. The second kappa shape index (κ2) is 10.6. The average Bonchev–Trinajstić information content (AvgIpc) is 2.47. The minimum absolute atomic E-state index is 0.104. The van der Waals surface area contributed by atoms with Crippen LogP contribution in [0.1, 0.15) is 25.3 Å². The molecule has 1 aliphatic rings. The maximum Gasteiger partial charge on any atom is 0.478 e. The molecule has 1 aromatic rings. The summed E-state index contributed by atoms with van der Waals surface area (Å²) in [6.07, 6.45) is 5.67. The Balaban J connectivity index is 0.000000593. The first-order valence-electron chi connectivity index (χ1n) is 7.46. The van der Waals surface area contributed by atoms with Crippen LogP contribution in [0.3, 0.4) is 0 Å². The fourth-order valence-corrected chi connectivity index (χ4v) is 2.02. The third-order valence-corrected chi connectivity index (χ3v) is 3.03. The summed E-state index contributed by atoms with van der Waals surface area (Å²) in [5, 5.41) is 20.1. The van der Waals surface area contributed by atoms with E-state index in [2.05, 4.69) is 5.32 Å². The van der Waals surface area contributed by atoms with Crippen LogP contribution in [0.2, 0.25) is 0 Å². The predicted octanol–water partition coefficient (Wildman–Crippen LogP) is 1.19. The van der Waals surface area contributed by atoms with E-state index in [0.29, 0.717) is 19.4 Å². The minimum Gasteiger partial charge on any atom is -0.481 e. The van der Waals surface area contributed by atoms with Crippen molar-refractivity contribution < 1.29 is 24.4 Å². The molecule has 1 amide bonds. The van der Waals surface area contributed by atoms with Crippen LogP contribution in [0.25, 0.3) is 0 Å². The first-order valence-corrected chi connectivity index (χ1v) is 7.46. The van der Waals surface area contributed by atoms with Crippen molar-refractivity contribution in [2.45, 2.75) is 32.1 Å². The molecule has 1 heterocycles. The van der Waals surface area contributed by atoms with Crippen molar-refractivity contribution in [2.75, 3.05) is 6.61 Å². The quantitative estimate of drug-likeness (QED) is 0.574. The number of amides is 1. The van der Waals surface area contributed by atoms with Gasteiger partial charge in [0.2, 0.25) is 5.91 Å². The number of carboxylic acid groups (broad SMARTS) is 1. The molecule has 1 unspecified atom stereocenters. The maximum absolute atomic E-state index is 11.9. The molecule has 0 saturated heterocycles. The second-order valence-corrected chi connectivity index (χ2v) is 5.11. The second-order valence-electron chi connectivity index (χ2n) is 5.11. The Morgan fingerprint density at radius 2 is 1.96 bits per heavy atom. The fraction of sp³-hybridized carbons (Fsp3) is 0.375. The van der Waals surface area contributed by atoms with Gasteiger partial charge in [-0.2, -0.15) is 0 Å². The molecule has 2 rings (SSSR count). The molecule has 1 aromatic carbocycles. The van der Waals surface area contributed by atoms with Crippen molar-refractivity contribution in [3.05, 3.63) is 48.0 Å². The Morgan fingerprint density at radius 1 is 1.30 bits per heavy atom. The van der Waals surface area contributed by atoms with Gasteiger partial charge in [0.15, 0.2) is 0 Å². The van der Waals surface area contributed by atoms with Crippen molar-refractivity contribution in [3.8, 4) is 0 Å². The molecule has 0 radical (unpaired) electrons. The number of carbonyl (C=O) groups excluding carboxylic acids is 1. The Bertz CT molecular complexity index is 516. The third-order valence-electron chi connectivity index (χ3n) is 3.03. The molecule has 7 heteroatoms. The average molecular weight is 319 g/mol. The smallest absolute Gasteiger partial charge is 0.478 e. The monoisotopic (exact) mass is 319 g/mol. The highest BCUT2D eigenvalue weighted by Crippen LogP contribution is 2.06. The van der Waals surface area contributed by atoms with E-state index in [-0.39, 0.29) is 11.8 Å². The lowest BCUT2D eigenvalue weighted by Crippen LogP contribution is -2.48. The van der Waals surface area contributed by atoms with Gasteiger partial charge in [-0.25, -0.2) is 0 Å². The van der Waals surface area contributed by atoms with Crippen LogP contribution in [0.4, 0.5) is 0 Å². The number of hydrogen-bond donors (Lipinski definition) is 3. The summed E-state index contributed by atoms with van der Waals surface area (Å²) in [5.74, 6) is -1.32. The van der Waals surface area contributed by atoms with Crippen molar-refractivity contribution in [1.82, 2.24) is 5.32 Å². The number of aliphatic carboxylic acids is 1. The van der Waals surface area contributed by atoms with E-state index >= 15 is 0 Å². The number of benzene rings is 1. The SMILES string of the molecule is CC(=O)O.O=C(Cc1ccccc1)NC1C/C=C\CCOB1O. The molecule has 0 saturated carbocycles. The lowest BCUT2D eigenvalue weighted by Gasteiger charge is -2.21. The Morgan fingerprint density at radius 3 is 2.61 bits per heavy atom. The van der Waals surface area contributed by atoms with Crippen LogP contribution < -0.4 is 5.32 Å². The Labute approximate surface area is 136 Å². The summed E-state index contributed by atoms with van der Waals surface area (Å²) in [6.45, 7) is 1.56. The van der Waals surface area contributed by atoms with Crippen molar-refractivity contribution >= 4 is 19.0 Å². The predicted molar refractivity (Wildman–Crippen MR) is 87.7 cm³/mol. The van der Waals surface area contributed by atoms with Crippen LogP contribution in [0, 0.1) is 0 Å². The van der Waals surface area contributed by atoms with Crippen molar-refractivity contribution in [3.63, 3.8) is 0 Å². The molecule has 23 heavy (non-hydrogen) atoms. The highest BCUT2D eigenvalue weighted by atomic mass is 16.5. The molecule has 0 aliphatic carbocycles. The normalized spacial score (nSPS) is 18.7. The van der Waals surface area contributed by atoms with Crippen LogP contribution in [-0.2, 0) is 20.7 Å². The van der Waals surface area contributed by atoms with Gasteiger partial charge in [-0.1, -0.05) is 42.5 Å². The Hall–Kier alpha value is -2.12. The van der Waals surface area contributed by atoms with E-state index in [1.807, 2.05) is 42.5 Å². The van der Waals surface area contributed by atoms with E-state index in [4.69, 9.17) is 14.6 Å². The van der Waals surface area contributed by atoms with Crippen LogP contribution in [0.15, 0.2) is 42.5 Å². The van der Waals surface area contributed by atoms with E-state index in [1.54, 1.807) is 0 Å². The zero-order valence-corrected chi connectivity index (χ0v) is 13.1. The summed E-state index contributed by atoms with van der Waals surface area (Å²) >= 11 is 0. The summed E-state index contributed by atoms with van der Waals surface area (Å²) in [7, 11) is -0.940. The zero-order chi connectivity index (χ0) is 17.1. The van der Waals surface area contributed by atoms with Crippen LogP contribution in [-0.4, -0.2) is 41.7 Å². The molecule has 6 nitrogen and oxygen atoms in total. The van der Waals surface area contributed by atoms with Gasteiger partial charge < -0.3 is 20.1 Å². The summed E-state index contributed by atoms with van der Waals surface area (Å²) in [4.78, 5) is 20.9. The molecule has 0 bridgehead atoms. The van der Waals surface area contributed by atoms with E-state index < -0.39 is 13.1 Å². The number of rotatable bonds is 3. The summed E-state index contributed by atoms with van der Waals surface area (Å²) in [6, 6.07) is 9.53. The maximum atomic E-state index is 11.9. The van der Waals surface area contributed by atoms with Crippen LogP contribution in [0.5, 0.6) is 0 Å². The summed E-state index contributed by atoms with van der Waals surface area (Å²) in [5.41, 5.74) is 0.955. The number of carbonyl (C=O) groups is 2. The van der Waals surface area contributed by atoms with Gasteiger partial charge in [-0.3, -0.25) is 9.59 Å². The van der Waals surface area contributed by atoms with Crippen molar-refractivity contribution in [2.24, 2.45) is 0 Å². The number of nitrogens with one attached hydrogen (secondary N) is 1. The summed E-state index contributed by atoms with van der Waals surface area (Å²) < 4.78 is 5.24. The molecular formula is C16H22BNO5. The number of carboxylic acids is 1. The molecule has 3 N–H and O–H groups in total. The highest BCUT2D eigenvalue weighted by Gasteiger charge is 2.28. The van der Waals surface area contributed by atoms with Gasteiger partial charge in [-0.05, 0) is 18.4 Å². The van der Waals surface area contributed by atoms with Gasteiger partial charge in [0, 0.05) is 13.5 Å². The van der Waals surface area contributed by atoms with Gasteiger partial charge in [0.1, 0.15) is 0 Å². The molecule has 124 valence electrons. The molecule has 1 aliphatic heterocycles. The molecule has 1 atom stereocenters. The van der Waals surface area contributed by atoms with Gasteiger partial charge in [0.05, 0.1) is 12.4 Å². The lowest BCUT2D eigenvalue weighted by atomic mass is 9.76. The first-order chi connectivity index (χ1) is 11.0. The van der Waals surface area contributed by atoms with E-state index in [1.165, 1.54) is 0 Å². The standard InChI is InChI=1S/C14H18BNO3.C2H4O2/c17-14(11-12-7-3-1-4-8-12)16-13-9-5-2-6-10-19-15(13)18;1-2(3)4/h1-5,7-8,13,18H,6,9-11H2,(H,16,17);1H3,(H,3,4)/b5-2-;. The van der Waals surface area contributed by atoms with Gasteiger partial charge >= 0.3 is 7.12 Å². The first kappa shape index (κ1) is 18.9. The third kappa shape index (κ3) is 8.80. The lowest BCUT2D eigenvalue weighted by molar-refractivity contribution is -0.134. The van der Waals surface area contributed by atoms with Gasteiger partial charge in [-0.15, -0.1) is 0 Å². The topological polar surface area (TPSA) is 95.9 Å². The largest absolute Gasteiger partial charge is 0.481 e. The Kier molecular flexibility index (Phi) is 8.71. The zero-order valence-electron chi connectivity index (χ0n) is 13.1. The van der Waals surface area contributed by atoms with Gasteiger partial charge in [0.25, 0.3) is 5.97 Å². The van der Waals surface area contributed by atoms with Crippen LogP contribution >= 0.6 is 0 Å². The minimum atomic E-state index is -0.940. The van der Waals surface area contributed by atoms with E-state index in [9.17, 15) is 9.82 Å². The fourth-order valence-electron chi connectivity index (χ4n) is 2.02. The molecular weight excluding hydrogens is 297 g/mol. The molecule has 0 spiro atoms. The highest BCUT2D eigenvalue weighted by molar-refractivity contribution is 6.45. The van der Waals surface area contributed by atoms with E-state index in [0.717, 1.165) is 18.9 Å².